The van der Waals surface area contributed by atoms with Crippen molar-refractivity contribution < 1.29 is 4.79 Å². The number of amides is 1. The number of hydrogen-bond donors (Lipinski definition) is 2. The third-order valence-electron chi connectivity index (χ3n) is 4.15. The number of carbonyl (C=O) groups excluding carboxylic acids is 1. The Morgan fingerprint density at radius 2 is 2.10 bits per heavy atom. The predicted molar refractivity (Wildman–Crippen MR) is 90.1 cm³/mol. The number of carbonyl (C=O) groups is 1. The number of anilines is 1. The summed E-state index contributed by atoms with van der Waals surface area (Å²) in [6, 6.07) is 7.73. The van der Waals surface area contributed by atoms with E-state index in [2.05, 4.69) is 26.2 Å². The molecule has 0 aliphatic heterocycles. The maximum absolute atomic E-state index is 12.6. The van der Waals surface area contributed by atoms with Gasteiger partial charge in [-0.15, -0.1) is 0 Å². The second-order valence-electron chi connectivity index (χ2n) is 5.18. The summed E-state index contributed by atoms with van der Waals surface area (Å²) >= 11 is 3.41. The van der Waals surface area contributed by atoms with Gasteiger partial charge in [-0.05, 0) is 40.9 Å². The van der Waals surface area contributed by atoms with Crippen LogP contribution in [0.2, 0.25) is 0 Å². The molecule has 1 heterocycles. The van der Waals surface area contributed by atoms with E-state index in [1.807, 2.05) is 38.1 Å². The Hall–Kier alpha value is -1.46. The van der Waals surface area contributed by atoms with E-state index in [-0.39, 0.29) is 5.91 Å². The summed E-state index contributed by atoms with van der Waals surface area (Å²) < 4.78 is 0.914. The van der Waals surface area contributed by atoms with E-state index in [0.29, 0.717) is 6.54 Å². The Morgan fingerprint density at radius 1 is 1.38 bits per heavy atom. The lowest BCUT2D eigenvalue weighted by Crippen LogP contribution is -2.41. The van der Waals surface area contributed by atoms with E-state index in [9.17, 15) is 4.79 Å². The standard InChI is InChI=1S/C16H20BrN3O/c1-3-16(4-2,10-18)15(21)20-13-7-5-6-11-8-12(17)9-19-14(11)13/h5-9H,3-4,10,18H2,1-2H3,(H,20,21). The number of hydrogen-bond acceptors (Lipinski definition) is 3. The third kappa shape index (κ3) is 3.09. The highest BCUT2D eigenvalue weighted by Crippen LogP contribution is 2.29. The van der Waals surface area contributed by atoms with Crippen LogP contribution in [0.4, 0.5) is 5.69 Å². The largest absolute Gasteiger partial charge is 0.329 e. The van der Waals surface area contributed by atoms with Crippen LogP contribution >= 0.6 is 15.9 Å². The molecule has 5 heteroatoms. The molecule has 1 amide bonds. The summed E-state index contributed by atoms with van der Waals surface area (Å²) in [5.41, 5.74) is 6.83. The van der Waals surface area contributed by atoms with Crippen LogP contribution in [-0.4, -0.2) is 17.4 Å². The first kappa shape index (κ1) is 15.9. The molecule has 0 saturated heterocycles. The first-order chi connectivity index (χ1) is 10.1. The normalized spacial score (nSPS) is 11.6. The van der Waals surface area contributed by atoms with Crippen molar-refractivity contribution in [2.45, 2.75) is 26.7 Å². The van der Waals surface area contributed by atoms with Crippen molar-refractivity contribution in [3.63, 3.8) is 0 Å². The molecule has 0 atom stereocenters. The van der Waals surface area contributed by atoms with Crippen molar-refractivity contribution >= 4 is 38.4 Å². The van der Waals surface area contributed by atoms with E-state index >= 15 is 0 Å². The number of nitrogens with zero attached hydrogens (tertiary/aromatic N) is 1. The summed E-state index contributed by atoms with van der Waals surface area (Å²) in [4.78, 5) is 17.0. The second kappa shape index (κ2) is 6.54. The Kier molecular flexibility index (Phi) is 4.96. The number of pyridine rings is 1. The fourth-order valence-electron chi connectivity index (χ4n) is 2.44. The predicted octanol–water partition coefficient (Wildman–Crippen LogP) is 3.70. The van der Waals surface area contributed by atoms with Crippen LogP contribution in [0, 0.1) is 5.41 Å². The zero-order valence-electron chi connectivity index (χ0n) is 12.3. The van der Waals surface area contributed by atoms with Gasteiger partial charge in [0.05, 0.1) is 16.6 Å². The van der Waals surface area contributed by atoms with Gasteiger partial charge in [0.2, 0.25) is 5.91 Å². The van der Waals surface area contributed by atoms with E-state index in [1.165, 1.54) is 0 Å². The molecular formula is C16H20BrN3O. The fraction of sp³-hybridized carbons (Fsp3) is 0.375. The molecule has 2 rings (SSSR count). The van der Waals surface area contributed by atoms with Crippen molar-refractivity contribution in [1.29, 1.82) is 0 Å². The van der Waals surface area contributed by atoms with Gasteiger partial charge < -0.3 is 11.1 Å². The molecule has 0 fully saturated rings. The zero-order valence-corrected chi connectivity index (χ0v) is 13.9. The number of fused-ring (bicyclic) bond motifs is 1. The van der Waals surface area contributed by atoms with Crippen LogP contribution < -0.4 is 11.1 Å². The monoisotopic (exact) mass is 349 g/mol. The lowest BCUT2D eigenvalue weighted by molar-refractivity contribution is -0.125. The van der Waals surface area contributed by atoms with Crippen molar-refractivity contribution in [1.82, 2.24) is 4.98 Å². The molecule has 1 aromatic carbocycles. The molecule has 0 saturated carbocycles. The minimum atomic E-state index is -0.516. The van der Waals surface area contributed by atoms with E-state index in [4.69, 9.17) is 5.73 Å². The van der Waals surface area contributed by atoms with E-state index in [1.54, 1.807) is 6.20 Å². The molecule has 21 heavy (non-hydrogen) atoms. The molecule has 0 bridgehead atoms. The van der Waals surface area contributed by atoms with Gasteiger partial charge in [-0.3, -0.25) is 9.78 Å². The molecule has 1 aromatic heterocycles. The maximum Gasteiger partial charge on any atom is 0.231 e. The first-order valence-corrected chi connectivity index (χ1v) is 7.91. The summed E-state index contributed by atoms with van der Waals surface area (Å²) in [6.45, 7) is 4.33. The van der Waals surface area contributed by atoms with Gasteiger partial charge in [-0.1, -0.05) is 26.0 Å². The smallest absolute Gasteiger partial charge is 0.231 e. The Balaban J connectivity index is 2.38. The topological polar surface area (TPSA) is 68.0 Å². The fourth-order valence-corrected chi connectivity index (χ4v) is 2.79. The van der Waals surface area contributed by atoms with Gasteiger partial charge in [-0.25, -0.2) is 0 Å². The lowest BCUT2D eigenvalue weighted by Gasteiger charge is -2.28. The molecule has 4 nitrogen and oxygen atoms in total. The average molecular weight is 350 g/mol. The summed E-state index contributed by atoms with van der Waals surface area (Å²) in [5.74, 6) is -0.0350. The van der Waals surface area contributed by atoms with Gasteiger partial charge in [0.15, 0.2) is 0 Å². The van der Waals surface area contributed by atoms with Crippen LogP contribution in [0.25, 0.3) is 10.9 Å². The van der Waals surface area contributed by atoms with Crippen LogP contribution in [0.1, 0.15) is 26.7 Å². The SMILES string of the molecule is CCC(CC)(CN)C(=O)Nc1cccc2cc(Br)cnc12. The molecule has 2 aromatic rings. The summed E-state index contributed by atoms with van der Waals surface area (Å²) in [7, 11) is 0. The maximum atomic E-state index is 12.6. The first-order valence-electron chi connectivity index (χ1n) is 7.12. The summed E-state index contributed by atoms with van der Waals surface area (Å²) in [5, 5.41) is 3.98. The number of nitrogens with one attached hydrogen (secondary N) is 1. The number of nitrogens with two attached hydrogens (primary N) is 1. The second-order valence-corrected chi connectivity index (χ2v) is 6.09. The minimum absolute atomic E-state index is 0.0350. The van der Waals surface area contributed by atoms with E-state index < -0.39 is 5.41 Å². The van der Waals surface area contributed by atoms with Gasteiger partial charge in [0.25, 0.3) is 0 Å². The highest BCUT2D eigenvalue weighted by atomic mass is 79.9. The van der Waals surface area contributed by atoms with Gasteiger partial charge >= 0.3 is 0 Å². The highest BCUT2D eigenvalue weighted by Gasteiger charge is 2.33. The molecule has 0 aliphatic rings. The molecule has 0 unspecified atom stereocenters. The van der Waals surface area contributed by atoms with E-state index in [0.717, 1.165) is 33.9 Å². The quantitative estimate of drug-likeness (QED) is 0.864. The van der Waals surface area contributed by atoms with Crippen LogP contribution in [0.3, 0.4) is 0 Å². The molecule has 3 N–H and O–H groups in total. The molecule has 0 aliphatic carbocycles. The van der Waals surface area contributed by atoms with Crippen LogP contribution in [0.5, 0.6) is 0 Å². The van der Waals surface area contributed by atoms with Gasteiger partial charge in [0, 0.05) is 22.6 Å². The molecular weight excluding hydrogens is 330 g/mol. The number of para-hydroxylation sites is 1. The number of rotatable bonds is 5. The highest BCUT2D eigenvalue weighted by molar-refractivity contribution is 9.10. The average Bonchev–Trinajstić information content (AvgIpc) is 2.49. The molecule has 112 valence electrons. The Bertz CT molecular complexity index is 645. The molecule has 0 spiro atoms. The number of benzene rings is 1. The van der Waals surface area contributed by atoms with Crippen molar-refractivity contribution in [2.75, 3.05) is 11.9 Å². The van der Waals surface area contributed by atoms with Crippen molar-refractivity contribution in [3.05, 3.63) is 34.9 Å². The lowest BCUT2D eigenvalue weighted by atomic mass is 9.81. The van der Waals surface area contributed by atoms with Gasteiger partial charge in [0.1, 0.15) is 0 Å². The minimum Gasteiger partial charge on any atom is -0.329 e. The van der Waals surface area contributed by atoms with Crippen LogP contribution in [0.15, 0.2) is 34.9 Å². The van der Waals surface area contributed by atoms with Gasteiger partial charge in [-0.2, -0.15) is 0 Å². The third-order valence-corrected chi connectivity index (χ3v) is 4.59. The summed E-state index contributed by atoms with van der Waals surface area (Å²) in [6.07, 6.45) is 3.17. The Morgan fingerprint density at radius 3 is 2.71 bits per heavy atom. The number of aromatic nitrogens is 1. The Labute approximate surface area is 133 Å². The molecule has 0 radical (unpaired) electrons. The van der Waals surface area contributed by atoms with Crippen LogP contribution in [-0.2, 0) is 4.79 Å². The van der Waals surface area contributed by atoms with Crippen molar-refractivity contribution in [2.24, 2.45) is 11.1 Å². The van der Waals surface area contributed by atoms with Crippen molar-refractivity contribution in [3.8, 4) is 0 Å². The number of halogens is 1. The zero-order chi connectivity index (χ0) is 15.5.